The molecule has 4 rings (SSSR count). The first-order chi connectivity index (χ1) is 13.4. The summed E-state index contributed by atoms with van der Waals surface area (Å²) in [6.45, 7) is 0.948. The van der Waals surface area contributed by atoms with Crippen molar-refractivity contribution in [3.05, 3.63) is 59.9 Å². The molecule has 1 saturated heterocycles. The van der Waals surface area contributed by atoms with Crippen molar-refractivity contribution >= 4 is 38.5 Å². The predicted molar refractivity (Wildman–Crippen MR) is 103 cm³/mol. The number of furan rings is 1. The minimum Gasteiger partial charge on any atom is -0.449 e. The van der Waals surface area contributed by atoms with Crippen LogP contribution in [-0.4, -0.2) is 37.6 Å². The van der Waals surface area contributed by atoms with E-state index >= 15 is 0 Å². The van der Waals surface area contributed by atoms with Gasteiger partial charge in [-0.2, -0.15) is 4.31 Å². The number of benzene rings is 2. The molecule has 0 radical (unpaired) electrons. The number of amides is 2. The third kappa shape index (κ3) is 3.04. The molecule has 3 N–H and O–H groups in total. The quantitative estimate of drug-likeness (QED) is 0.681. The average Bonchev–Trinajstić information content (AvgIpc) is 2.99. The topological polar surface area (TPSA) is 123 Å². The Kier molecular flexibility index (Phi) is 4.40. The van der Waals surface area contributed by atoms with Crippen LogP contribution in [0.1, 0.15) is 27.3 Å². The summed E-state index contributed by atoms with van der Waals surface area (Å²) < 4.78 is 31.9. The molecule has 1 fully saturated rings. The van der Waals surface area contributed by atoms with Gasteiger partial charge in [-0.25, -0.2) is 8.42 Å². The van der Waals surface area contributed by atoms with Crippen molar-refractivity contribution in [2.75, 3.05) is 18.4 Å². The van der Waals surface area contributed by atoms with Crippen LogP contribution in [0.4, 0.5) is 5.69 Å². The molecule has 2 heterocycles. The summed E-state index contributed by atoms with van der Waals surface area (Å²) in [6.07, 6.45) is 0.822. The normalized spacial score (nSPS) is 14.6. The molecule has 1 aliphatic heterocycles. The second-order valence-electron chi connectivity index (χ2n) is 6.41. The number of sulfonamides is 1. The number of nitrogens with one attached hydrogen (secondary N) is 1. The minimum absolute atomic E-state index is 0.0482. The second-order valence-corrected chi connectivity index (χ2v) is 8.34. The lowest BCUT2D eigenvalue weighted by molar-refractivity contribution is 0.0977. The molecule has 0 bridgehead atoms. The van der Waals surface area contributed by atoms with Gasteiger partial charge in [-0.3, -0.25) is 9.59 Å². The summed E-state index contributed by atoms with van der Waals surface area (Å²) in [7, 11) is -3.62. The van der Waals surface area contributed by atoms with Gasteiger partial charge in [-0.15, -0.1) is 0 Å². The van der Waals surface area contributed by atoms with Gasteiger partial charge < -0.3 is 15.5 Å². The van der Waals surface area contributed by atoms with Crippen LogP contribution in [-0.2, 0) is 10.0 Å². The fourth-order valence-corrected chi connectivity index (χ4v) is 4.57. The largest absolute Gasteiger partial charge is 0.449 e. The highest BCUT2D eigenvalue weighted by Crippen LogP contribution is 2.31. The molecule has 1 aliphatic rings. The summed E-state index contributed by atoms with van der Waals surface area (Å²) in [4.78, 5) is 24.5. The van der Waals surface area contributed by atoms with Gasteiger partial charge in [0, 0.05) is 24.0 Å². The molecule has 0 unspecified atom stereocenters. The number of nitrogens with two attached hydrogens (primary N) is 1. The number of hydrogen-bond acceptors (Lipinski definition) is 5. The van der Waals surface area contributed by atoms with Gasteiger partial charge in [0.05, 0.1) is 4.90 Å². The summed E-state index contributed by atoms with van der Waals surface area (Å²) >= 11 is 0. The lowest BCUT2D eigenvalue weighted by Crippen LogP contribution is -2.41. The molecule has 28 heavy (non-hydrogen) atoms. The van der Waals surface area contributed by atoms with Crippen LogP contribution in [0.5, 0.6) is 0 Å². The van der Waals surface area contributed by atoms with Crippen LogP contribution in [0.15, 0.2) is 57.8 Å². The number of rotatable bonds is 5. The Morgan fingerprint density at radius 1 is 1.07 bits per heavy atom. The van der Waals surface area contributed by atoms with E-state index in [-0.39, 0.29) is 21.9 Å². The van der Waals surface area contributed by atoms with Crippen molar-refractivity contribution in [2.45, 2.75) is 11.3 Å². The first kappa shape index (κ1) is 18.2. The van der Waals surface area contributed by atoms with Gasteiger partial charge in [-0.05, 0) is 36.8 Å². The number of carbonyl (C=O) groups excluding carboxylic acids is 2. The second kappa shape index (κ2) is 6.77. The zero-order chi connectivity index (χ0) is 19.9. The number of anilines is 1. The Morgan fingerprint density at radius 2 is 1.82 bits per heavy atom. The molecule has 0 saturated carbocycles. The molecule has 2 aromatic carbocycles. The van der Waals surface area contributed by atoms with Crippen LogP contribution in [0.3, 0.4) is 0 Å². The predicted octanol–water partition coefficient (Wildman–Crippen LogP) is 2.18. The van der Waals surface area contributed by atoms with Crippen LogP contribution in [0.2, 0.25) is 0 Å². The van der Waals surface area contributed by atoms with Crippen molar-refractivity contribution in [1.82, 2.24) is 4.31 Å². The number of nitrogens with zero attached hydrogens (tertiary/aromatic N) is 1. The van der Waals surface area contributed by atoms with Crippen LogP contribution >= 0.6 is 0 Å². The Bertz CT molecular complexity index is 1200. The standard InChI is InChI=1S/C19H17N3O5S/c20-18(23)17-16(14-7-1-2-8-15(14)27-17)21-19(24)12-5-3-6-13(11-12)28(25,26)22-9-4-10-22/h1-3,5-8,11H,4,9-10H2,(H2,20,23)(H,21,24). The molecule has 0 spiro atoms. The van der Waals surface area contributed by atoms with Gasteiger partial charge in [0.1, 0.15) is 11.3 Å². The van der Waals surface area contributed by atoms with E-state index in [4.69, 9.17) is 10.2 Å². The number of para-hydroxylation sites is 1. The maximum Gasteiger partial charge on any atom is 0.286 e. The molecular formula is C19H17N3O5S. The Labute approximate surface area is 161 Å². The highest BCUT2D eigenvalue weighted by atomic mass is 32.2. The van der Waals surface area contributed by atoms with Crippen molar-refractivity contribution in [3.63, 3.8) is 0 Å². The minimum atomic E-state index is -3.62. The first-order valence-corrected chi connectivity index (χ1v) is 10.0. The highest BCUT2D eigenvalue weighted by molar-refractivity contribution is 7.89. The molecule has 3 aromatic rings. The average molecular weight is 399 g/mol. The Balaban J connectivity index is 1.68. The Morgan fingerprint density at radius 3 is 2.50 bits per heavy atom. The number of fused-ring (bicyclic) bond motifs is 1. The monoisotopic (exact) mass is 399 g/mol. The van der Waals surface area contributed by atoms with Gasteiger partial charge in [-0.1, -0.05) is 18.2 Å². The zero-order valence-electron chi connectivity index (χ0n) is 14.7. The molecule has 9 heteroatoms. The van der Waals surface area contributed by atoms with Crippen molar-refractivity contribution in [2.24, 2.45) is 5.73 Å². The Hall–Kier alpha value is -3.17. The third-order valence-corrected chi connectivity index (χ3v) is 6.50. The van der Waals surface area contributed by atoms with Crippen LogP contribution in [0.25, 0.3) is 11.0 Å². The number of hydrogen-bond donors (Lipinski definition) is 2. The summed E-state index contributed by atoms with van der Waals surface area (Å²) in [6, 6.07) is 12.6. The van der Waals surface area contributed by atoms with E-state index in [1.54, 1.807) is 24.3 Å². The molecule has 2 amide bonds. The van der Waals surface area contributed by atoms with Crippen molar-refractivity contribution in [3.8, 4) is 0 Å². The van der Waals surface area contributed by atoms with Gasteiger partial charge >= 0.3 is 0 Å². The SMILES string of the molecule is NC(=O)c1oc2ccccc2c1NC(=O)c1cccc(S(=O)(=O)N2CCC2)c1. The van der Waals surface area contributed by atoms with Crippen LogP contribution in [0, 0.1) is 0 Å². The van der Waals surface area contributed by atoms with E-state index in [9.17, 15) is 18.0 Å². The molecule has 0 atom stereocenters. The van der Waals surface area contributed by atoms with Crippen molar-refractivity contribution < 1.29 is 22.4 Å². The molecule has 144 valence electrons. The molecular weight excluding hydrogens is 382 g/mol. The van der Waals surface area contributed by atoms with E-state index in [1.165, 1.54) is 28.6 Å². The number of primary amides is 1. The van der Waals surface area contributed by atoms with Gasteiger partial charge in [0.15, 0.2) is 0 Å². The molecule has 8 nitrogen and oxygen atoms in total. The number of carbonyl (C=O) groups is 2. The van der Waals surface area contributed by atoms with Crippen LogP contribution < -0.4 is 11.1 Å². The highest BCUT2D eigenvalue weighted by Gasteiger charge is 2.30. The van der Waals surface area contributed by atoms with E-state index in [2.05, 4.69) is 5.32 Å². The summed E-state index contributed by atoms with van der Waals surface area (Å²) in [5, 5.41) is 3.15. The van der Waals surface area contributed by atoms with Gasteiger partial charge in [0.2, 0.25) is 15.8 Å². The summed E-state index contributed by atoms with van der Waals surface area (Å²) in [5.41, 5.74) is 6.06. The van der Waals surface area contributed by atoms with Crippen molar-refractivity contribution in [1.29, 1.82) is 0 Å². The summed E-state index contributed by atoms with van der Waals surface area (Å²) in [5.74, 6) is -1.56. The van der Waals surface area contributed by atoms with E-state index < -0.39 is 21.8 Å². The van der Waals surface area contributed by atoms with Gasteiger partial charge in [0.25, 0.3) is 11.8 Å². The zero-order valence-corrected chi connectivity index (χ0v) is 15.5. The van der Waals surface area contributed by atoms with E-state index in [0.717, 1.165) is 6.42 Å². The van der Waals surface area contributed by atoms with E-state index in [1.807, 2.05) is 0 Å². The first-order valence-electron chi connectivity index (χ1n) is 8.61. The van der Waals surface area contributed by atoms with E-state index in [0.29, 0.717) is 24.1 Å². The lowest BCUT2D eigenvalue weighted by Gasteiger charge is -2.29. The molecule has 1 aromatic heterocycles. The maximum absolute atomic E-state index is 12.7. The fraction of sp³-hybridized carbons (Fsp3) is 0.158. The third-order valence-electron chi connectivity index (χ3n) is 4.61. The smallest absolute Gasteiger partial charge is 0.286 e. The maximum atomic E-state index is 12.7. The lowest BCUT2D eigenvalue weighted by atomic mass is 10.2. The fourth-order valence-electron chi connectivity index (χ4n) is 3.00. The molecule has 0 aliphatic carbocycles.